The molecule has 1 fully saturated rings. The van der Waals surface area contributed by atoms with E-state index in [0.717, 1.165) is 76.9 Å². The van der Waals surface area contributed by atoms with Crippen molar-refractivity contribution >= 4 is 28.5 Å². The van der Waals surface area contributed by atoms with Gasteiger partial charge in [0.05, 0.1) is 11.1 Å². The number of aliphatic hydroxyl groups is 1. The fourth-order valence-electron chi connectivity index (χ4n) is 4.69. The van der Waals surface area contributed by atoms with Crippen molar-refractivity contribution in [2.24, 2.45) is 5.92 Å². The highest BCUT2D eigenvalue weighted by atomic mass is 35.5. The molecule has 1 N–H and O–H groups in total. The number of anilines is 1. The number of aliphatic hydroxyl groups excluding tert-OH is 1. The maximum Gasteiger partial charge on any atom is 0.150 e. The van der Waals surface area contributed by atoms with Gasteiger partial charge in [0.2, 0.25) is 0 Å². The Hall–Kier alpha value is -2.11. The maximum atomic E-state index is 9.24. The van der Waals surface area contributed by atoms with Crippen LogP contribution in [0.3, 0.4) is 0 Å². The van der Waals surface area contributed by atoms with Crippen molar-refractivity contribution in [2.45, 2.75) is 47.0 Å². The van der Waals surface area contributed by atoms with Crippen LogP contribution in [0.4, 0.5) is 5.82 Å². The van der Waals surface area contributed by atoms with Gasteiger partial charge in [-0.2, -0.15) is 0 Å². The van der Waals surface area contributed by atoms with E-state index in [-0.39, 0.29) is 6.61 Å². The molecule has 0 saturated carbocycles. The summed E-state index contributed by atoms with van der Waals surface area (Å²) in [5.41, 5.74) is 5.54. The highest BCUT2D eigenvalue weighted by Gasteiger charge is 2.24. The zero-order valence-corrected chi connectivity index (χ0v) is 18.4. The van der Waals surface area contributed by atoms with Gasteiger partial charge in [0, 0.05) is 30.9 Å². The van der Waals surface area contributed by atoms with Crippen LogP contribution >= 0.6 is 11.6 Å². The molecule has 0 radical (unpaired) electrons. The van der Waals surface area contributed by atoms with Gasteiger partial charge in [-0.05, 0) is 81.7 Å². The Morgan fingerprint density at radius 2 is 1.69 bits per heavy atom. The molecule has 0 spiro atoms. The van der Waals surface area contributed by atoms with Crippen molar-refractivity contribution in [3.05, 3.63) is 45.9 Å². The first-order valence-corrected chi connectivity index (χ1v) is 10.8. The highest BCUT2D eigenvalue weighted by molar-refractivity contribution is 6.30. The minimum absolute atomic E-state index is 0.281. The standard InChI is InChI=1S/C23H29ClN4O/c1-14-11-19(24)12-15(2)21(14)28-13-16(3)20-22(25-17(4)26-23(20)28)27-8-5-18(6-9-27)7-10-29/h11-13,18,29H,5-10H2,1-4H3. The van der Waals surface area contributed by atoms with Crippen molar-refractivity contribution in [1.82, 2.24) is 14.5 Å². The number of halogens is 1. The zero-order chi connectivity index (χ0) is 20.7. The number of nitrogens with zero attached hydrogens (tertiary/aromatic N) is 4. The van der Waals surface area contributed by atoms with E-state index in [4.69, 9.17) is 21.6 Å². The quantitative estimate of drug-likeness (QED) is 0.661. The molecule has 6 heteroatoms. The van der Waals surface area contributed by atoms with E-state index in [0.29, 0.717) is 5.92 Å². The molecule has 3 aromatic rings. The van der Waals surface area contributed by atoms with Crippen LogP contribution in [0, 0.1) is 33.6 Å². The summed E-state index contributed by atoms with van der Waals surface area (Å²) in [7, 11) is 0. The average molecular weight is 413 g/mol. The Labute approximate surface area is 177 Å². The lowest BCUT2D eigenvalue weighted by Gasteiger charge is -2.33. The van der Waals surface area contributed by atoms with Gasteiger partial charge in [-0.25, -0.2) is 9.97 Å². The van der Waals surface area contributed by atoms with Crippen molar-refractivity contribution in [1.29, 1.82) is 0 Å². The molecule has 2 aromatic heterocycles. The fraction of sp³-hybridized carbons (Fsp3) is 0.478. The molecule has 0 unspecified atom stereocenters. The number of rotatable bonds is 4. The van der Waals surface area contributed by atoms with Crippen LogP contribution in [0.2, 0.25) is 5.02 Å². The summed E-state index contributed by atoms with van der Waals surface area (Å²) in [5.74, 6) is 2.43. The first-order valence-electron chi connectivity index (χ1n) is 10.4. The van der Waals surface area contributed by atoms with E-state index in [1.165, 1.54) is 5.56 Å². The third kappa shape index (κ3) is 3.74. The van der Waals surface area contributed by atoms with Gasteiger partial charge in [-0.15, -0.1) is 0 Å². The highest BCUT2D eigenvalue weighted by Crippen LogP contribution is 2.35. The van der Waals surface area contributed by atoms with Gasteiger partial charge < -0.3 is 14.6 Å². The Kier molecular flexibility index (Phi) is 5.54. The van der Waals surface area contributed by atoms with Gasteiger partial charge in [-0.1, -0.05) is 11.6 Å². The molecule has 29 heavy (non-hydrogen) atoms. The first kappa shape index (κ1) is 20.2. The lowest BCUT2D eigenvalue weighted by molar-refractivity contribution is 0.240. The van der Waals surface area contributed by atoms with Crippen molar-refractivity contribution in [2.75, 3.05) is 24.6 Å². The summed E-state index contributed by atoms with van der Waals surface area (Å²) >= 11 is 6.26. The molecule has 4 rings (SSSR count). The molecule has 1 saturated heterocycles. The number of aryl methyl sites for hydroxylation is 4. The van der Waals surface area contributed by atoms with E-state index in [1.54, 1.807) is 0 Å². The maximum absolute atomic E-state index is 9.24. The monoisotopic (exact) mass is 412 g/mol. The van der Waals surface area contributed by atoms with Gasteiger partial charge in [0.1, 0.15) is 11.6 Å². The number of aromatic nitrogens is 3. The fourth-order valence-corrected chi connectivity index (χ4v) is 5.02. The van der Waals surface area contributed by atoms with Gasteiger partial charge >= 0.3 is 0 Å². The molecule has 3 heterocycles. The second-order valence-corrected chi connectivity index (χ2v) is 8.74. The summed E-state index contributed by atoms with van der Waals surface area (Å²) in [5, 5.41) is 11.1. The molecule has 1 aromatic carbocycles. The lowest BCUT2D eigenvalue weighted by atomic mass is 9.94. The predicted molar refractivity (Wildman–Crippen MR) is 119 cm³/mol. The zero-order valence-electron chi connectivity index (χ0n) is 17.7. The third-order valence-electron chi connectivity index (χ3n) is 6.08. The smallest absolute Gasteiger partial charge is 0.150 e. The van der Waals surface area contributed by atoms with Crippen LogP contribution in [0.5, 0.6) is 0 Å². The van der Waals surface area contributed by atoms with Gasteiger partial charge in [-0.3, -0.25) is 0 Å². The van der Waals surface area contributed by atoms with Crippen LogP contribution in [0.1, 0.15) is 41.8 Å². The molecular formula is C23H29ClN4O. The summed E-state index contributed by atoms with van der Waals surface area (Å²) in [4.78, 5) is 12.1. The predicted octanol–water partition coefficient (Wildman–Crippen LogP) is 4.91. The van der Waals surface area contributed by atoms with Crippen molar-refractivity contribution < 1.29 is 5.11 Å². The molecule has 5 nitrogen and oxygen atoms in total. The second kappa shape index (κ2) is 7.96. The molecule has 0 atom stereocenters. The summed E-state index contributed by atoms with van der Waals surface area (Å²) in [6.07, 6.45) is 5.27. The molecule has 0 aliphatic carbocycles. The van der Waals surface area contributed by atoms with E-state index in [1.807, 2.05) is 19.1 Å². The summed E-state index contributed by atoms with van der Waals surface area (Å²) in [6.45, 7) is 10.5. The largest absolute Gasteiger partial charge is 0.396 e. The number of hydrogen-bond donors (Lipinski definition) is 1. The molecular weight excluding hydrogens is 384 g/mol. The molecule has 0 amide bonds. The summed E-state index contributed by atoms with van der Waals surface area (Å²) in [6, 6.07) is 4.01. The molecule has 154 valence electrons. The average Bonchev–Trinajstić information content (AvgIpc) is 2.97. The number of hydrogen-bond acceptors (Lipinski definition) is 4. The van der Waals surface area contributed by atoms with Crippen LogP contribution in [-0.4, -0.2) is 39.3 Å². The number of fused-ring (bicyclic) bond motifs is 1. The van der Waals surface area contributed by atoms with E-state index < -0.39 is 0 Å². The molecule has 1 aliphatic heterocycles. The molecule has 1 aliphatic rings. The van der Waals surface area contributed by atoms with Crippen LogP contribution < -0.4 is 4.90 Å². The lowest BCUT2D eigenvalue weighted by Crippen LogP contribution is -2.34. The summed E-state index contributed by atoms with van der Waals surface area (Å²) < 4.78 is 2.20. The first-order chi connectivity index (χ1) is 13.9. The normalized spacial score (nSPS) is 15.4. The SMILES string of the molecule is Cc1nc(N2CCC(CCO)CC2)c2c(C)cn(-c3c(C)cc(Cl)cc3C)c2n1. The van der Waals surface area contributed by atoms with E-state index in [2.05, 4.69) is 36.4 Å². The van der Waals surface area contributed by atoms with Gasteiger partial charge in [0.15, 0.2) is 5.65 Å². The minimum atomic E-state index is 0.281. The Morgan fingerprint density at radius 1 is 1.03 bits per heavy atom. The van der Waals surface area contributed by atoms with Crippen LogP contribution in [0.25, 0.3) is 16.7 Å². The Morgan fingerprint density at radius 3 is 2.31 bits per heavy atom. The van der Waals surface area contributed by atoms with Crippen molar-refractivity contribution in [3.8, 4) is 5.69 Å². The van der Waals surface area contributed by atoms with Crippen molar-refractivity contribution in [3.63, 3.8) is 0 Å². The topological polar surface area (TPSA) is 54.2 Å². The Balaban J connectivity index is 1.82. The third-order valence-corrected chi connectivity index (χ3v) is 6.29. The van der Waals surface area contributed by atoms with E-state index in [9.17, 15) is 5.11 Å². The van der Waals surface area contributed by atoms with Crippen LogP contribution in [0.15, 0.2) is 18.3 Å². The van der Waals surface area contributed by atoms with Gasteiger partial charge in [0.25, 0.3) is 0 Å². The number of benzene rings is 1. The minimum Gasteiger partial charge on any atom is -0.396 e. The van der Waals surface area contributed by atoms with E-state index >= 15 is 0 Å². The number of piperidine rings is 1. The Bertz CT molecular complexity index is 1030. The second-order valence-electron chi connectivity index (χ2n) is 8.31. The van der Waals surface area contributed by atoms with Crippen LogP contribution in [-0.2, 0) is 0 Å². The molecule has 0 bridgehead atoms.